The highest BCUT2D eigenvalue weighted by atomic mass is 35.5. The predicted octanol–water partition coefficient (Wildman–Crippen LogP) is 3.66. The zero-order valence-electron chi connectivity index (χ0n) is 15.9. The number of fused-ring (bicyclic) bond motifs is 1. The Morgan fingerprint density at radius 1 is 1.20 bits per heavy atom. The molecule has 30 heavy (non-hydrogen) atoms. The van der Waals surface area contributed by atoms with Gasteiger partial charge in [-0.3, -0.25) is 19.7 Å². The van der Waals surface area contributed by atoms with Crippen LogP contribution in [0.5, 0.6) is 0 Å². The predicted molar refractivity (Wildman–Crippen MR) is 119 cm³/mol. The van der Waals surface area contributed by atoms with E-state index in [1.54, 1.807) is 31.3 Å². The fourth-order valence-corrected chi connectivity index (χ4v) is 4.12. The first-order valence-corrected chi connectivity index (χ1v) is 10.4. The van der Waals surface area contributed by atoms with Crippen molar-refractivity contribution in [3.63, 3.8) is 0 Å². The standard InChI is InChI=1S/C21H17ClN4O3S/c1-2-26-17-8-5-13(10-16(17)24-19(28)20(26)29)18(27)25-21-23-11-15(30-21)9-12-3-6-14(22)7-4-12/h3-8,10-11H,2,9H2,1H3,(H,24,28)(H,23,25,27). The molecule has 0 saturated heterocycles. The van der Waals surface area contributed by atoms with Gasteiger partial charge in [0.2, 0.25) is 0 Å². The van der Waals surface area contributed by atoms with E-state index in [2.05, 4.69) is 15.3 Å². The molecule has 0 aliphatic rings. The number of H-pyrrole nitrogens is 1. The summed E-state index contributed by atoms with van der Waals surface area (Å²) in [6, 6.07) is 12.4. The SMILES string of the molecule is CCn1c(=O)c(=O)[nH]c2cc(C(=O)Nc3ncc(Cc4ccc(Cl)cc4)s3)ccc21. The van der Waals surface area contributed by atoms with E-state index in [1.165, 1.54) is 15.9 Å². The fraction of sp³-hybridized carbons (Fsp3) is 0.143. The van der Waals surface area contributed by atoms with Crippen LogP contribution < -0.4 is 16.4 Å². The van der Waals surface area contributed by atoms with Crippen LogP contribution in [0.25, 0.3) is 11.0 Å². The van der Waals surface area contributed by atoms with Gasteiger partial charge in [-0.1, -0.05) is 23.7 Å². The number of hydrogen-bond donors (Lipinski definition) is 2. The molecule has 0 atom stereocenters. The molecular formula is C21H17ClN4O3S. The van der Waals surface area contributed by atoms with Crippen LogP contribution >= 0.6 is 22.9 Å². The van der Waals surface area contributed by atoms with Gasteiger partial charge >= 0.3 is 11.1 Å². The number of benzene rings is 2. The van der Waals surface area contributed by atoms with Crippen molar-refractivity contribution in [3.8, 4) is 0 Å². The highest BCUT2D eigenvalue weighted by molar-refractivity contribution is 7.15. The van der Waals surface area contributed by atoms with E-state index in [1.807, 2.05) is 24.3 Å². The lowest BCUT2D eigenvalue weighted by Crippen LogP contribution is -2.36. The van der Waals surface area contributed by atoms with Crippen molar-refractivity contribution in [2.24, 2.45) is 0 Å². The van der Waals surface area contributed by atoms with Crippen LogP contribution in [0.4, 0.5) is 5.13 Å². The van der Waals surface area contributed by atoms with Gasteiger partial charge in [-0.05, 0) is 42.8 Å². The van der Waals surface area contributed by atoms with Crippen LogP contribution in [-0.4, -0.2) is 20.4 Å². The first-order valence-electron chi connectivity index (χ1n) is 9.22. The van der Waals surface area contributed by atoms with E-state index in [-0.39, 0.29) is 5.91 Å². The number of nitrogens with one attached hydrogen (secondary N) is 2. The highest BCUT2D eigenvalue weighted by Crippen LogP contribution is 2.23. The average Bonchev–Trinajstić information content (AvgIpc) is 3.17. The molecule has 4 aromatic rings. The molecule has 152 valence electrons. The third kappa shape index (κ3) is 4.05. The summed E-state index contributed by atoms with van der Waals surface area (Å²) in [6.07, 6.45) is 2.42. The number of thiazole rings is 1. The Morgan fingerprint density at radius 2 is 1.97 bits per heavy atom. The molecular weight excluding hydrogens is 424 g/mol. The monoisotopic (exact) mass is 440 g/mol. The van der Waals surface area contributed by atoms with Crippen LogP contribution in [-0.2, 0) is 13.0 Å². The second-order valence-electron chi connectivity index (χ2n) is 6.62. The van der Waals surface area contributed by atoms with Crippen molar-refractivity contribution in [2.75, 3.05) is 5.32 Å². The van der Waals surface area contributed by atoms with Gasteiger partial charge < -0.3 is 9.55 Å². The van der Waals surface area contributed by atoms with Gasteiger partial charge in [-0.15, -0.1) is 11.3 Å². The number of aryl methyl sites for hydroxylation is 1. The summed E-state index contributed by atoms with van der Waals surface area (Å²) in [4.78, 5) is 44.3. The molecule has 0 saturated carbocycles. The van der Waals surface area contributed by atoms with Crippen molar-refractivity contribution in [2.45, 2.75) is 19.9 Å². The summed E-state index contributed by atoms with van der Waals surface area (Å²) in [5, 5.41) is 3.95. The molecule has 0 spiro atoms. The maximum atomic E-state index is 12.6. The van der Waals surface area contributed by atoms with E-state index in [0.29, 0.717) is 39.7 Å². The Balaban J connectivity index is 1.54. The van der Waals surface area contributed by atoms with Gasteiger partial charge in [-0.2, -0.15) is 0 Å². The Morgan fingerprint density at radius 3 is 2.70 bits per heavy atom. The van der Waals surface area contributed by atoms with Crippen LogP contribution in [0, 0.1) is 0 Å². The number of aromatic amines is 1. The Hall–Kier alpha value is -3.23. The topological polar surface area (TPSA) is 96.9 Å². The lowest BCUT2D eigenvalue weighted by atomic mass is 10.1. The third-order valence-corrected chi connectivity index (χ3v) is 5.78. The summed E-state index contributed by atoms with van der Waals surface area (Å²) in [5.41, 5.74) is 1.12. The minimum Gasteiger partial charge on any atom is -0.316 e. The van der Waals surface area contributed by atoms with Gasteiger partial charge in [0.1, 0.15) is 0 Å². The minimum atomic E-state index is -0.714. The summed E-state index contributed by atoms with van der Waals surface area (Å²) < 4.78 is 1.37. The molecule has 0 aliphatic carbocycles. The summed E-state index contributed by atoms with van der Waals surface area (Å²) >= 11 is 7.30. The zero-order valence-corrected chi connectivity index (χ0v) is 17.5. The smallest absolute Gasteiger partial charge is 0.316 e. The summed E-state index contributed by atoms with van der Waals surface area (Å²) in [5.74, 6) is -0.348. The van der Waals surface area contributed by atoms with Crippen molar-refractivity contribution < 1.29 is 4.79 Å². The highest BCUT2D eigenvalue weighted by Gasteiger charge is 2.13. The zero-order chi connectivity index (χ0) is 21.3. The van der Waals surface area contributed by atoms with Crippen molar-refractivity contribution in [3.05, 3.63) is 90.4 Å². The van der Waals surface area contributed by atoms with Crippen LogP contribution in [0.1, 0.15) is 27.7 Å². The molecule has 0 bridgehead atoms. The first-order chi connectivity index (χ1) is 14.4. The second-order valence-corrected chi connectivity index (χ2v) is 8.18. The van der Waals surface area contributed by atoms with E-state index < -0.39 is 11.1 Å². The Bertz CT molecular complexity index is 1360. The number of carbonyl (C=O) groups excluding carboxylic acids is 1. The summed E-state index contributed by atoms with van der Waals surface area (Å²) in [7, 11) is 0. The van der Waals surface area contributed by atoms with E-state index in [9.17, 15) is 14.4 Å². The number of hydrogen-bond acceptors (Lipinski definition) is 5. The maximum Gasteiger partial charge on any atom is 0.316 e. The molecule has 0 radical (unpaired) electrons. The lowest BCUT2D eigenvalue weighted by molar-refractivity contribution is 0.102. The quantitative estimate of drug-likeness (QED) is 0.463. The molecule has 0 fully saturated rings. The van der Waals surface area contributed by atoms with E-state index in [4.69, 9.17) is 11.6 Å². The Kier molecular flexibility index (Phi) is 5.52. The number of carbonyl (C=O) groups is 1. The maximum absolute atomic E-state index is 12.6. The van der Waals surface area contributed by atoms with Crippen molar-refractivity contribution >= 4 is 45.0 Å². The minimum absolute atomic E-state index is 0.348. The first kappa shape index (κ1) is 20.1. The molecule has 7 nitrogen and oxygen atoms in total. The van der Waals surface area contributed by atoms with E-state index >= 15 is 0 Å². The fourth-order valence-electron chi connectivity index (χ4n) is 3.15. The Labute approximate surface area is 180 Å². The third-order valence-electron chi connectivity index (χ3n) is 4.62. The number of anilines is 1. The van der Waals surface area contributed by atoms with Gasteiger partial charge in [0, 0.05) is 34.6 Å². The largest absolute Gasteiger partial charge is 0.316 e. The van der Waals surface area contributed by atoms with Gasteiger partial charge in [-0.25, -0.2) is 4.98 Å². The molecule has 2 aromatic heterocycles. The molecule has 0 unspecified atom stereocenters. The molecule has 2 aromatic carbocycles. The molecule has 2 heterocycles. The number of aromatic nitrogens is 3. The van der Waals surface area contributed by atoms with Crippen LogP contribution in [0.3, 0.4) is 0 Å². The van der Waals surface area contributed by atoms with Crippen LogP contribution in [0.2, 0.25) is 5.02 Å². The van der Waals surface area contributed by atoms with Crippen LogP contribution in [0.15, 0.2) is 58.3 Å². The number of amides is 1. The van der Waals surface area contributed by atoms with Gasteiger partial charge in [0.25, 0.3) is 5.91 Å². The second kappa shape index (κ2) is 8.25. The molecule has 0 aliphatic heterocycles. The number of nitrogens with zero attached hydrogens (tertiary/aromatic N) is 2. The average molecular weight is 441 g/mol. The molecule has 2 N–H and O–H groups in total. The normalized spacial score (nSPS) is 11.0. The van der Waals surface area contributed by atoms with Gasteiger partial charge in [0.15, 0.2) is 5.13 Å². The van der Waals surface area contributed by atoms with Gasteiger partial charge in [0.05, 0.1) is 11.0 Å². The van der Waals surface area contributed by atoms with Crippen molar-refractivity contribution in [1.29, 1.82) is 0 Å². The molecule has 1 amide bonds. The van der Waals surface area contributed by atoms with Crippen molar-refractivity contribution in [1.82, 2.24) is 14.5 Å². The molecule has 9 heteroatoms. The summed E-state index contributed by atoms with van der Waals surface area (Å²) in [6.45, 7) is 2.14. The number of halogens is 1. The lowest BCUT2D eigenvalue weighted by Gasteiger charge is -2.08. The molecule has 4 rings (SSSR count). The number of rotatable bonds is 5. The van der Waals surface area contributed by atoms with E-state index in [0.717, 1.165) is 10.4 Å².